The molecule has 0 aliphatic rings. The number of hydrogen-bond acceptors (Lipinski definition) is 6. The van der Waals surface area contributed by atoms with Crippen molar-refractivity contribution < 1.29 is 19.1 Å². The van der Waals surface area contributed by atoms with Crippen LogP contribution in [-0.2, 0) is 0 Å². The summed E-state index contributed by atoms with van der Waals surface area (Å²) in [6.45, 7) is 0.0718. The molecule has 2 aromatic heterocycles. The van der Waals surface area contributed by atoms with Gasteiger partial charge in [0.1, 0.15) is 23.2 Å². The van der Waals surface area contributed by atoms with Crippen LogP contribution in [-0.4, -0.2) is 34.1 Å². The molecule has 0 fully saturated rings. The number of rotatable bonds is 5. The van der Waals surface area contributed by atoms with Crippen molar-refractivity contribution in [3.05, 3.63) is 60.4 Å². The van der Waals surface area contributed by atoms with Gasteiger partial charge in [0, 0.05) is 17.5 Å². The highest BCUT2D eigenvalue weighted by molar-refractivity contribution is 6.03. The number of carbonyl (C=O) groups is 1. The molecule has 4 aromatic rings. The van der Waals surface area contributed by atoms with Crippen molar-refractivity contribution >= 4 is 28.0 Å². The number of aliphatic hydroxyl groups excluding tert-OH is 1. The van der Waals surface area contributed by atoms with Gasteiger partial charge in [-0.25, -0.2) is 4.98 Å². The molecule has 0 aliphatic heterocycles. The second kappa shape index (κ2) is 6.81. The third kappa shape index (κ3) is 2.96. The summed E-state index contributed by atoms with van der Waals surface area (Å²) >= 11 is 0. The van der Waals surface area contributed by atoms with Crippen molar-refractivity contribution in [2.45, 2.75) is 0 Å². The fourth-order valence-corrected chi connectivity index (χ4v) is 2.66. The zero-order valence-corrected chi connectivity index (χ0v) is 13.7. The Labute approximate surface area is 148 Å². The number of nitrogens with one attached hydrogen (secondary N) is 1. The normalized spacial score (nSPS) is 11.0. The molecular formula is C19H15N3O4. The number of amides is 1. The van der Waals surface area contributed by atoms with Crippen LogP contribution in [0.3, 0.4) is 0 Å². The van der Waals surface area contributed by atoms with Crippen LogP contribution in [0.5, 0.6) is 11.6 Å². The van der Waals surface area contributed by atoms with E-state index >= 15 is 0 Å². The Balaban J connectivity index is 1.68. The topological polar surface area (TPSA) is 97.5 Å². The molecular weight excluding hydrogens is 334 g/mol. The zero-order valence-electron chi connectivity index (χ0n) is 13.7. The van der Waals surface area contributed by atoms with Gasteiger partial charge in [-0.05, 0) is 30.3 Å². The summed E-state index contributed by atoms with van der Waals surface area (Å²) in [5.41, 5.74) is 2.24. The summed E-state index contributed by atoms with van der Waals surface area (Å²) in [7, 11) is 0. The maximum absolute atomic E-state index is 12.0. The number of aromatic nitrogens is 2. The lowest BCUT2D eigenvalue weighted by Gasteiger charge is -2.07. The number of carbonyl (C=O) groups excluding carboxylic acids is 1. The van der Waals surface area contributed by atoms with Gasteiger partial charge in [0.2, 0.25) is 5.58 Å². The summed E-state index contributed by atoms with van der Waals surface area (Å²) in [6.07, 6.45) is 1.41. The van der Waals surface area contributed by atoms with E-state index in [4.69, 9.17) is 14.3 Å². The molecule has 1 amide bonds. The van der Waals surface area contributed by atoms with E-state index in [-0.39, 0.29) is 24.9 Å². The Hall–Kier alpha value is -3.45. The molecule has 130 valence electrons. The van der Waals surface area contributed by atoms with Gasteiger partial charge >= 0.3 is 0 Å². The molecule has 2 N–H and O–H groups in total. The third-order valence-electron chi connectivity index (χ3n) is 3.83. The van der Waals surface area contributed by atoms with Crippen molar-refractivity contribution in [3.63, 3.8) is 0 Å². The number of hydrogen-bond donors (Lipinski definition) is 2. The predicted octanol–water partition coefficient (Wildman–Crippen LogP) is 2.89. The molecule has 2 heterocycles. The molecule has 0 spiro atoms. The lowest BCUT2D eigenvalue weighted by molar-refractivity contribution is 0.0944. The zero-order chi connectivity index (χ0) is 17.9. The van der Waals surface area contributed by atoms with E-state index in [1.807, 2.05) is 24.3 Å². The van der Waals surface area contributed by atoms with Crippen molar-refractivity contribution in [3.8, 4) is 11.6 Å². The molecule has 2 aromatic carbocycles. The number of nitrogens with zero attached hydrogens (tertiary/aromatic N) is 2. The summed E-state index contributed by atoms with van der Waals surface area (Å²) in [5, 5.41) is 12.3. The molecule has 0 saturated heterocycles. The molecule has 7 nitrogen and oxygen atoms in total. The second-order valence-corrected chi connectivity index (χ2v) is 5.56. The molecule has 0 unspecified atom stereocenters. The van der Waals surface area contributed by atoms with E-state index < -0.39 is 0 Å². The van der Waals surface area contributed by atoms with E-state index in [0.717, 1.165) is 5.39 Å². The summed E-state index contributed by atoms with van der Waals surface area (Å²) in [4.78, 5) is 20.5. The van der Waals surface area contributed by atoms with Gasteiger partial charge in [-0.2, -0.15) is 4.98 Å². The smallest absolute Gasteiger partial charge is 0.267 e. The molecule has 0 bridgehead atoms. The first kappa shape index (κ1) is 16.0. The van der Waals surface area contributed by atoms with Crippen LogP contribution < -0.4 is 10.1 Å². The van der Waals surface area contributed by atoms with E-state index in [9.17, 15) is 4.79 Å². The van der Waals surface area contributed by atoms with Gasteiger partial charge in [0.05, 0.1) is 6.61 Å². The average Bonchev–Trinajstić information content (AvgIpc) is 3.06. The number of furan rings is 1. The van der Waals surface area contributed by atoms with E-state index in [1.54, 1.807) is 24.3 Å². The number of para-hydroxylation sites is 1. The molecule has 0 radical (unpaired) electrons. The molecule has 0 saturated carbocycles. The Bertz CT molecular complexity index is 1090. The van der Waals surface area contributed by atoms with Gasteiger partial charge in [0.25, 0.3) is 11.8 Å². The number of aliphatic hydroxyl groups is 1. The van der Waals surface area contributed by atoms with Crippen molar-refractivity contribution in [2.24, 2.45) is 0 Å². The highest BCUT2D eigenvalue weighted by Crippen LogP contribution is 2.33. The van der Waals surface area contributed by atoms with E-state index in [1.165, 1.54) is 6.33 Å². The van der Waals surface area contributed by atoms with Crippen LogP contribution in [0.4, 0.5) is 0 Å². The summed E-state index contributed by atoms with van der Waals surface area (Å²) in [6, 6.07) is 14.3. The largest absolute Gasteiger partial charge is 0.449 e. The van der Waals surface area contributed by atoms with Gasteiger partial charge in [-0.3, -0.25) is 4.79 Å². The van der Waals surface area contributed by atoms with E-state index in [0.29, 0.717) is 28.0 Å². The van der Waals surface area contributed by atoms with Crippen LogP contribution in [0.1, 0.15) is 10.4 Å². The van der Waals surface area contributed by atoms with Crippen LogP contribution >= 0.6 is 0 Å². The van der Waals surface area contributed by atoms with Gasteiger partial charge in [0.15, 0.2) is 0 Å². The first-order valence-corrected chi connectivity index (χ1v) is 8.05. The highest BCUT2D eigenvalue weighted by atomic mass is 16.5. The number of benzene rings is 2. The molecule has 0 aliphatic carbocycles. The van der Waals surface area contributed by atoms with Gasteiger partial charge in [-0.15, -0.1) is 0 Å². The lowest BCUT2D eigenvalue weighted by Crippen LogP contribution is -2.26. The second-order valence-electron chi connectivity index (χ2n) is 5.56. The summed E-state index contributed by atoms with van der Waals surface area (Å²) < 4.78 is 11.7. The van der Waals surface area contributed by atoms with Crippen LogP contribution in [0.15, 0.2) is 59.3 Å². The minimum Gasteiger partial charge on any atom is -0.449 e. The first-order chi connectivity index (χ1) is 12.8. The van der Waals surface area contributed by atoms with E-state index in [2.05, 4.69) is 15.3 Å². The molecule has 26 heavy (non-hydrogen) atoms. The van der Waals surface area contributed by atoms with Crippen molar-refractivity contribution in [1.82, 2.24) is 15.3 Å². The fourth-order valence-electron chi connectivity index (χ4n) is 2.66. The van der Waals surface area contributed by atoms with Crippen LogP contribution in [0, 0.1) is 0 Å². The lowest BCUT2D eigenvalue weighted by atomic mass is 10.2. The Morgan fingerprint density at radius 1 is 1.15 bits per heavy atom. The minimum absolute atomic E-state index is 0.118. The Morgan fingerprint density at radius 2 is 2.04 bits per heavy atom. The van der Waals surface area contributed by atoms with Crippen molar-refractivity contribution in [1.29, 1.82) is 0 Å². The Kier molecular flexibility index (Phi) is 4.20. The first-order valence-electron chi connectivity index (χ1n) is 8.05. The van der Waals surface area contributed by atoms with Gasteiger partial charge < -0.3 is 19.6 Å². The molecule has 0 atom stereocenters. The van der Waals surface area contributed by atoms with Crippen molar-refractivity contribution in [2.75, 3.05) is 13.2 Å². The predicted molar refractivity (Wildman–Crippen MR) is 95.2 cm³/mol. The van der Waals surface area contributed by atoms with Crippen LogP contribution in [0.25, 0.3) is 22.1 Å². The number of fused-ring (bicyclic) bond motifs is 3. The minimum atomic E-state index is -0.291. The average molecular weight is 349 g/mol. The monoisotopic (exact) mass is 349 g/mol. The SMILES string of the molecule is O=C(NCCO)c1cccc(Oc2ncnc3c2oc2ccccc23)c1. The fraction of sp³-hybridized carbons (Fsp3) is 0.105. The third-order valence-corrected chi connectivity index (χ3v) is 3.83. The standard InChI is InChI=1S/C19H15N3O4/c23-9-8-20-18(24)12-4-3-5-13(10-12)25-19-17-16(21-11-22-19)14-6-1-2-7-15(14)26-17/h1-7,10-11,23H,8-9H2,(H,20,24). The highest BCUT2D eigenvalue weighted by Gasteiger charge is 2.15. The Morgan fingerprint density at radius 3 is 2.92 bits per heavy atom. The summed E-state index contributed by atoms with van der Waals surface area (Å²) in [5.74, 6) is 0.433. The number of ether oxygens (including phenoxy) is 1. The van der Waals surface area contributed by atoms with Crippen LogP contribution in [0.2, 0.25) is 0 Å². The maximum atomic E-state index is 12.0. The quantitative estimate of drug-likeness (QED) is 0.575. The van der Waals surface area contributed by atoms with Gasteiger partial charge in [-0.1, -0.05) is 18.2 Å². The molecule has 4 rings (SSSR count). The molecule has 7 heteroatoms. The maximum Gasteiger partial charge on any atom is 0.267 e.